The number of hydrogen-bond acceptors (Lipinski definition) is 2. The van der Waals surface area contributed by atoms with Crippen LogP contribution < -0.4 is 0 Å². The molecule has 0 aliphatic rings. The first kappa shape index (κ1) is 19.4. The van der Waals surface area contributed by atoms with Crippen molar-refractivity contribution >= 4 is 17.4 Å². The molecule has 0 aromatic carbocycles. The summed E-state index contributed by atoms with van der Waals surface area (Å²) in [4.78, 5) is 4.82. The van der Waals surface area contributed by atoms with E-state index in [0.29, 0.717) is 0 Å². The quantitative estimate of drug-likeness (QED) is 0.345. The molecule has 0 N–H and O–H groups in total. The predicted molar refractivity (Wildman–Crippen MR) is 102 cm³/mol. The Labute approximate surface area is 142 Å². The summed E-state index contributed by atoms with van der Waals surface area (Å²) in [5.74, 6) is 0. The van der Waals surface area contributed by atoms with Crippen LogP contribution in [0.25, 0.3) is 6.08 Å². The van der Waals surface area contributed by atoms with Gasteiger partial charge < -0.3 is 0 Å². The van der Waals surface area contributed by atoms with E-state index in [9.17, 15) is 0 Å². The maximum Gasteiger partial charge on any atom is 0.115 e. The van der Waals surface area contributed by atoms with Gasteiger partial charge in [-0.05, 0) is 18.9 Å². The van der Waals surface area contributed by atoms with Crippen molar-refractivity contribution in [3.05, 3.63) is 22.7 Å². The van der Waals surface area contributed by atoms with Gasteiger partial charge in [-0.1, -0.05) is 85.1 Å². The molecule has 0 spiro atoms. The van der Waals surface area contributed by atoms with Gasteiger partial charge in [0.05, 0.1) is 5.69 Å². The number of hydrogen-bond donors (Lipinski definition) is 0. The van der Waals surface area contributed by atoms with E-state index in [0.717, 1.165) is 5.01 Å². The topological polar surface area (TPSA) is 12.9 Å². The van der Waals surface area contributed by atoms with Gasteiger partial charge >= 0.3 is 0 Å². The zero-order valence-electron chi connectivity index (χ0n) is 15.0. The molecule has 0 radical (unpaired) electrons. The van der Waals surface area contributed by atoms with E-state index in [2.05, 4.69) is 32.7 Å². The van der Waals surface area contributed by atoms with Crippen LogP contribution in [0, 0.1) is 0 Å². The van der Waals surface area contributed by atoms with Crippen molar-refractivity contribution in [1.82, 2.24) is 4.98 Å². The molecular weight excluding hydrogens is 286 g/mol. The summed E-state index contributed by atoms with van der Waals surface area (Å²) in [6.45, 7) is 10.9. The highest BCUT2D eigenvalue weighted by Crippen LogP contribution is 2.36. The summed E-state index contributed by atoms with van der Waals surface area (Å²) in [6, 6.07) is 0. The zero-order chi connectivity index (χ0) is 16.3. The molecule has 0 amide bonds. The first-order valence-corrected chi connectivity index (χ1v) is 10.1. The third-order valence-electron chi connectivity index (χ3n) is 4.73. The van der Waals surface area contributed by atoms with Crippen LogP contribution in [-0.4, -0.2) is 4.98 Å². The Balaban J connectivity index is 2.60. The van der Waals surface area contributed by atoms with E-state index in [-0.39, 0.29) is 5.41 Å². The van der Waals surface area contributed by atoms with Crippen LogP contribution in [0.5, 0.6) is 0 Å². The molecule has 1 rings (SSSR count). The highest BCUT2D eigenvalue weighted by Gasteiger charge is 2.28. The smallest absolute Gasteiger partial charge is 0.115 e. The van der Waals surface area contributed by atoms with Gasteiger partial charge in [0.2, 0.25) is 0 Å². The normalized spacial score (nSPS) is 14.0. The molecule has 0 saturated carbocycles. The third kappa shape index (κ3) is 6.64. The summed E-state index contributed by atoms with van der Waals surface area (Å²) in [7, 11) is 0. The minimum absolute atomic E-state index is 0.262. The Morgan fingerprint density at radius 3 is 2.05 bits per heavy atom. The average molecular weight is 322 g/mol. The lowest BCUT2D eigenvalue weighted by molar-refractivity contribution is 0.356. The minimum atomic E-state index is 0.262. The third-order valence-corrected chi connectivity index (χ3v) is 5.57. The van der Waals surface area contributed by atoms with E-state index in [1.807, 2.05) is 6.08 Å². The van der Waals surface area contributed by atoms with Crippen LogP contribution >= 0.6 is 11.3 Å². The van der Waals surface area contributed by atoms with Gasteiger partial charge in [0.1, 0.15) is 5.01 Å². The molecule has 22 heavy (non-hydrogen) atoms. The molecule has 0 aliphatic heterocycles. The summed E-state index contributed by atoms with van der Waals surface area (Å²) in [6.07, 6.45) is 16.6. The standard InChI is InChI=1S/C20H35NS/c1-5-8-10-12-14-16-20(4,15-13-11-9-6-2)18-17-22-19(7-3)21-18/h7,17H,3,5-6,8-16H2,1-2,4H3. The molecule has 0 fully saturated rings. The fourth-order valence-electron chi connectivity index (χ4n) is 3.10. The molecule has 0 saturated heterocycles. The van der Waals surface area contributed by atoms with Crippen molar-refractivity contribution in [3.63, 3.8) is 0 Å². The molecule has 1 aromatic rings. The first-order chi connectivity index (χ1) is 10.7. The fourth-order valence-corrected chi connectivity index (χ4v) is 3.92. The maximum absolute atomic E-state index is 4.82. The molecule has 1 unspecified atom stereocenters. The highest BCUT2D eigenvalue weighted by atomic mass is 32.1. The number of nitrogens with zero attached hydrogens (tertiary/aromatic N) is 1. The van der Waals surface area contributed by atoms with Gasteiger partial charge in [0.25, 0.3) is 0 Å². The lowest BCUT2D eigenvalue weighted by Gasteiger charge is -2.28. The largest absolute Gasteiger partial charge is 0.241 e. The van der Waals surface area contributed by atoms with Crippen molar-refractivity contribution in [2.75, 3.05) is 0 Å². The van der Waals surface area contributed by atoms with E-state index in [4.69, 9.17) is 4.98 Å². The van der Waals surface area contributed by atoms with Gasteiger partial charge in [-0.15, -0.1) is 11.3 Å². The second-order valence-electron chi connectivity index (χ2n) is 6.81. The first-order valence-electron chi connectivity index (χ1n) is 9.24. The lowest BCUT2D eigenvalue weighted by atomic mass is 9.77. The Morgan fingerprint density at radius 2 is 1.55 bits per heavy atom. The highest BCUT2D eigenvalue weighted by molar-refractivity contribution is 7.10. The Hall–Kier alpha value is -0.630. The SMILES string of the molecule is C=Cc1nc(C(C)(CCCCCC)CCCCCCC)cs1. The minimum Gasteiger partial charge on any atom is -0.241 e. The second kappa shape index (κ2) is 11.0. The molecule has 126 valence electrons. The van der Waals surface area contributed by atoms with Crippen LogP contribution in [-0.2, 0) is 5.41 Å². The zero-order valence-corrected chi connectivity index (χ0v) is 15.8. The van der Waals surface area contributed by atoms with Crippen molar-refractivity contribution in [1.29, 1.82) is 0 Å². The number of unbranched alkanes of at least 4 members (excludes halogenated alkanes) is 7. The number of rotatable bonds is 13. The van der Waals surface area contributed by atoms with Crippen molar-refractivity contribution < 1.29 is 0 Å². The van der Waals surface area contributed by atoms with Gasteiger partial charge in [-0.3, -0.25) is 0 Å². The van der Waals surface area contributed by atoms with E-state index in [1.54, 1.807) is 11.3 Å². The van der Waals surface area contributed by atoms with E-state index in [1.165, 1.54) is 76.3 Å². The Bertz CT molecular complexity index is 410. The Morgan fingerprint density at radius 1 is 1.00 bits per heavy atom. The molecule has 0 aliphatic carbocycles. The summed E-state index contributed by atoms with van der Waals surface area (Å²) < 4.78 is 0. The molecule has 0 bridgehead atoms. The maximum atomic E-state index is 4.82. The summed E-state index contributed by atoms with van der Waals surface area (Å²) >= 11 is 1.74. The number of thiazole rings is 1. The predicted octanol–water partition coefficient (Wildman–Crippen LogP) is 7.37. The monoisotopic (exact) mass is 321 g/mol. The van der Waals surface area contributed by atoms with E-state index < -0.39 is 0 Å². The molecule has 1 nitrogen and oxygen atoms in total. The summed E-state index contributed by atoms with van der Waals surface area (Å²) in [5.41, 5.74) is 1.57. The van der Waals surface area contributed by atoms with Crippen LogP contribution in [0.2, 0.25) is 0 Å². The van der Waals surface area contributed by atoms with Gasteiger partial charge in [0.15, 0.2) is 0 Å². The van der Waals surface area contributed by atoms with Crippen LogP contribution in [0.15, 0.2) is 12.0 Å². The van der Waals surface area contributed by atoms with Gasteiger partial charge in [-0.25, -0.2) is 4.98 Å². The Kier molecular flexibility index (Phi) is 9.70. The number of aromatic nitrogens is 1. The molecular formula is C20H35NS. The fraction of sp³-hybridized carbons (Fsp3) is 0.750. The lowest BCUT2D eigenvalue weighted by Crippen LogP contribution is -2.22. The van der Waals surface area contributed by atoms with Crippen LogP contribution in [0.4, 0.5) is 0 Å². The average Bonchev–Trinajstić information content (AvgIpc) is 3.01. The molecule has 2 heteroatoms. The van der Waals surface area contributed by atoms with Gasteiger partial charge in [0, 0.05) is 10.8 Å². The van der Waals surface area contributed by atoms with Gasteiger partial charge in [-0.2, -0.15) is 0 Å². The van der Waals surface area contributed by atoms with Crippen LogP contribution in [0.1, 0.15) is 102 Å². The molecule has 1 heterocycles. The van der Waals surface area contributed by atoms with Crippen molar-refractivity contribution in [2.45, 2.75) is 96.8 Å². The summed E-state index contributed by atoms with van der Waals surface area (Å²) in [5, 5.41) is 3.34. The van der Waals surface area contributed by atoms with Crippen LogP contribution in [0.3, 0.4) is 0 Å². The second-order valence-corrected chi connectivity index (χ2v) is 7.70. The molecule has 1 atom stereocenters. The van der Waals surface area contributed by atoms with Crippen molar-refractivity contribution in [2.24, 2.45) is 0 Å². The van der Waals surface area contributed by atoms with Crippen molar-refractivity contribution in [3.8, 4) is 0 Å². The molecule has 1 aromatic heterocycles. The van der Waals surface area contributed by atoms with E-state index >= 15 is 0 Å².